The standard InChI is InChI=1S/C14H10F2N2O2S/c1-18(11-4-2-3-10(7-11)9-17)21(19,20)12-5-6-13(15)14(16)8-12/h2-8H,1H3. The van der Waals surface area contributed by atoms with E-state index in [9.17, 15) is 17.2 Å². The Balaban J connectivity index is 2.47. The van der Waals surface area contributed by atoms with E-state index in [4.69, 9.17) is 5.26 Å². The van der Waals surface area contributed by atoms with E-state index in [1.807, 2.05) is 6.07 Å². The number of benzene rings is 2. The van der Waals surface area contributed by atoms with Crippen LogP contribution < -0.4 is 4.31 Å². The summed E-state index contributed by atoms with van der Waals surface area (Å²) in [7, 11) is -2.77. The molecule has 0 aliphatic rings. The Labute approximate surface area is 120 Å². The highest BCUT2D eigenvalue weighted by Crippen LogP contribution is 2.23. The molecule has 0 fully saturated rings. The topological polar surface area (TPSA) is 61.2 Å². The molecule has 0 aliphatic heterocycles. The summed E-state index contributed by atoms with van der Waals surface area (Å²) < 4.78 is 51.7. The van der Waals surface area contributed by atoms with Crippen LogP contribution in [0.2, 0.25) is 0 Å². The molecule has 21 heavy (non-hydrogen) atoms. The van der Waals surface area contributed by atoms with Gasteiger partial charge in [-0.15, -0.1) is 0 Å². The smallest absolute Gasteiger partial charge is 0.264 e. The maximum atomic E-state index is 13.2. The number of sulfonamides is 1. The highest BCUT2D eigenvalue weighted by Gasteiger charge is 2.22. The number of nitrogens with zero attached hydrogens (tertiary/aromatic N) is 2. The lowest BCUT2D eigenvalue weighted by Gasteiger charge is -2.19. The van der Waals surface area contributed by atoms with Crippen LogP contribution >= 0.6 is 0 Å². The van der Waals surface area contributed by atoms with Gasteiger partial charge in [0.2, 0.25) is 0 Å². The van der Waals surface area contributed by atoms with Gasteiger partial charge in [0.1, 0.15) is 0 Å². The fourth-order valence-corrected chi connectivity index (χ4v) is 2.91. The predicted octanol–water partition coefficient (Wildman–Crippen LogP) is 2.66. The van der Waals surface area contributed by atoms with Gasteiger partial charge >= 0.3 is 0 Å². The summed E-state index contributed by atoms with van der Waals surface area (Å²) in [6.45, 7) is 0. The number of rotatable bonds is 3. The van der Waals surface area contributed by atoms with Crippen LogP contribution in [-0.4, -0.2) is 15.5 Å². The monoisotopic (exact) mass is 308 g/mol. The first-order valence-electron chi connectivity index (χ1n) is 5.80. The van der Waals surface area contributed by atoms with Crippen LogP contribution in [0.5, 0.6) is 0 Å². The molecule has 108 valence electrons. The minimum Gasteiger partial charge on any atom is -0.269 e. The Morgan fingerprint density at radius 2 is 1.81 bits per heavy atom. The predicted molar refractivity (Wildman–Crippen MR) is 73.1 cm³/mol. The zero-order chi connectivity index (χ0) is 15.6. The molecule has 2 rings (SSSR count). The van der Waals surface area contributed by atoms with E-state index in [2.05, 4.69) is 0 Å². The van der Waals surface area contributed by atoms with E-state index >= 15 is 0 Å². The maximum absolute atomic E-state index is 13.2. The van der Waals surface area contributed by atoms with Crippen molar-refractivity contribution in [3.8, 4) is 6.07 Å². The first-order valence-corrected chi connectivity index (χ1v) is 7.24. The number of halogens is 2. The average molecular weight is 308 g/mol. The molecule has 4 nitrogen and oxygen atoms in total. The number of hydrogen-bond donors (Lipinski definition) is 0. The molecule has 0 N–H and O–H groups in total. The Morgan fingerprint density at radius 3 is 2.43 bits per heavy atom. The van der Waals surface area contributed by atoms with E-state index in [1.54, 1.807) is 0 Å². The molecule has 0 saturated carbocycles. The summed E-state index contributed by atoms with van der Waals surface area (Å²) >= 11 is 0. The fraction of sp³-hybridized carbons (Fsp3) is 0.0714. The van der Waals surface area contributed by atoms with Crippen molar-refractivity contribution in [3.63, 3.8) is 0 Å². The molecule has 0 amide bonds. The molecule has 0 aliphatic carbocycles. The van der Waals surface area contributed by atoms with Gasteiger partial charge in [-0.2, -0.15) is 5.26 Å². The van der Waals surface area contributed by atoms with Crippen molar-refractivity contribution in [1.29, 1.82) is 5.26 Å². The molecule has 0 spiro atoms. The second kappa shape index (κ2) is 5.50. The van der Waals surface area contributed by atoms with Gasteiger partial charge in [0.25, 0.3) is 10.0 Å². The molecule has 0 radical (unpaired) electrons. The summed E-state index contributed by atoms with van der Waals surface area (Å²) in [6.07, 6.45) is 0. The Hall–Kier alpha value is -2.46. The van der Waals surface area contributed by atoms with Crippen molar-refractivity contribution in [2.45, 2.75) is 4.90 Å². The van der Waals surface area contributed by atoms with E-state index in [-0.39, 0.29) is 10.6 Å². The van der Waals surface area contributed by atoms with Crippen molar-refractivity contribution < 1.29 is 17.2 Å². The third-order valence-corrected chi connectivity index (χ3v) is 4.67. The lowest BCUT2D eigenvalue weighted by molar-refractivity contribution is 0.504. The van der Waals surface area contributed by atoms with E-state index in [0.717, 1.165) is 16.4 Å². The number of anilines is 1. The quantitative estimate of drug-likeness (QED) is 0.876. The van der Waals surface area contributed by atoms with Crippen LogP contribution in [0, 0.1) is 23.0 Å². The molecule has 7 heteroatoms. The lowest BCUT2D eigenvalue weighted by Crippen LogP contribution is -2.26. The van der Waals surface area contributed by atoms with Crippen molar-refractivity contribution >= 4 is 15.7 Å². The largest absolute Gasteiger partial charge is 0.269 e. The Morgan fingerprint density at radius 1 is 1.10 bits per heavy atom. The normalized spacial score (nSPS) is 11.0. The van der Waals surface area contributed by atoms with E-state index in [1.165, 1.54) is 31.3 Å². The second-order valence-corrected chi connectivity index (χ2v) is 6.18. The Kier molecular flexibility index (Phi) is 3.91. The van der Waals surface area contributed by atoms with Crippen molar-refractivity contribution in [2.75, 3.05) is 11.4 Å². The van der Waals surface area contributed by atoms with Gasteiger partial charge in [0, 0.05) is 7.05 Å². The van der Waals surface area contributed by atoms with Gasteiger partial charge in [-0.3, -0.25) is 4.31 Å². The molecule has 0 aromatic heterocycles. The van der Waals surface area contributed by atoms with Gasteiger partial charge < -0.3 is 0 Å². The summed E-state index contributed by atoms with van der Waals surface area (Å²) in [5.41, 5.74) is 0.540. The summed E-state index contributed by atoms with van der Waals surface area (Å²) in [4.78, 5) is -0.369. The molecule has 0 heterocycles. The first-order chi connectivity index (χ1) is 9.86. The van der Waals surface area contributed by atoms with Crippen LogP contribution in [-0.2, 0) is 10.0 Å². The van der Waals surface area contributed by atoms with Gasteiger partial charge in [-0.25, -0.2) is 17.2 Å². The SMILES string of the molecule is CN(c1cccc(C#N)c1)S(=O)(=O)c1ccc(F)c(F)c1. The van der Waals surface area contributed by atoms with Crippen LogP contribution in [0.4, 0.5) is 14.5 Å². The van der Waals surface area contributed by atoms with Crippen LogP contribution in [0.15, 0.2) is 47.4 Å². The average Bonchev–Trinajstić information content (AvgIpc) is 2.49. The number of hydrogen-bond acceptors (Lipinski definition) is 3. The van der Waals surface area contributed by atoms with Crippen LogP contribution in [0.3, 0.4) is 0 Å². The summed E-state index contributed by atoms with van der Waals surface area (Å²) in [5, 5.41) is 8.82. The van der Waals surface area contributed by atoms with Gasteiger partial charge in [0.05, 0.1) is 22.2 Å². The minimum atomic E-state index is -4.04. The Bertz CT molecular complexity index is 829. The van der Waals surface area contributed by atoms with Crippen molar-refractivity contribution in [1.82, 2.24) is 0 Å². The molecule has 2 aromatic carbocycles. The van der Waals surface area contributed by atoms with Crippen LogP contribution in [0.25, 0.3) is 0 Å². The highest BCUT2D eigenvalue weighted by molar-refractivity contribution is 7.92. The van der Waals surface area contributed by atoms with E-state index < -0.39 is 21.7 Å². The van der Waals surface area contributed by atoms with Gasteiger partial charge in [0.15, 0.2) is 11.6 Å². The fourth-order valence-electron chi connectivity index (χ4n) is 1.71. The van der Waals surface area contributed by atoms with Crippen LogP contribution in [0.1, 0.15) is 5.56 Å². The lowest BCUT2D eigenvalue weighted by atomic mass is 10.2. The van der Waals surface area contributed by atoms with Gasteiger partial charge in [-0.05, 0) is 36.4 Å². The van der Waals surface area contributed by atoms with Gasteiger partial charge in [-0.1, -0.05) is 6.07 Å². The third kappa shape index (κ3) is 2.85. The van der Waals surface area contributed by atoms with Crippen molar-refractivity contribution in [3.05, 3.63) is 59.7 Å². The molecule has 2 aromatic rings. The summed E-state index contributed by atoms with van der Waals surface area (Å²) in [6, 6.07) is 10.2. The zero-order valence-corrected chi connectivity index (χ0v) is 11.7. The third-order valence-electron chi connectivity index (χ3n) is 2.89. The first kappa shape index (κ1) is 14.9. The molecule has 0 saturated heterocycles. The zero-order valence-electron chi connectivity index (χ0n) is 10.9. The van der Waals surface area contributed by atoms with Crippen molar-refractivity contribution in [2.24, 2.45) is 0 Å². The molecular formula is C14H10F2N2O2S. The molecular weight excluding hydrogens is 298 g/mol. The second-order valence-electron chi connectivity index (χ2n) is 4.21. The number of nitriles is 1. The highest BCUT2D eigenvalue weighted by atomic mass is 32.2. The molecule has 0 atom stereocenters. The molecule has 0 bridgehead atoms. The maximum Gasteiger partial charge on any atom is 0.264 e. The summed E-state index contributed by atoms with van der Waals surface area (Å²) in [5.74, 6) is -2.36. The minimum absolute atomic E-state index is 0.249. The molecule has 0 unspecified atom stereocenters. The van der Waals surface area contributed by atoms with E-state index in [0.29, 0.717) is 11.6 Å².